The van der Waals surface area contributed by atoms with Crippen LogP contribution in [0.15, 0.2) is 42.5 Å². The molecule has 1 fully saturated rings. The van der Waals surface area contributed by atoms with Gasteiger partial charge in [0.2, 0.25) is 0 Å². The second kappa shape index (κ2) is 6.50. The highest BCUT2D eigenvalue weighted by Gasteiger charge is 2.37. The highest BCUT2D eigenvalue weighted by molar-refractivity contribution is 14.1. The normalized spacial score (nSPS) is 18.4. The summed E-state index contributed by atoms with van der Waals surface area (Å²) < 4.78 is 28.7. The summed E-state index contributed by atoms with van der Waals surface area (Å²) in [6.07, 6.45) is -0.767. The molecule has 2 aromatic rings. The zero-order valence-electron chi connectivity index (χ0n) is 11.9. The van der Waals surface area contributed by atoms with Crippen molar-refractivity contribution in [3.05, 3.63) is 68.8 Å². The van der Waals surface area contributed by atoms with Gasteiger partial charge in [-0.3, -0.25) is 4.79 Å². The Balaban J connectivity index is 1.99. The first-order chi connectivity index (χ1) is 11.0. The maximum absolute atomic E-state index is 13.9. The van der Waals surface area contributed by atoms with Gasteiger partial charge in [0.05, 0.1) is 0 Å². The Morgan fingerprint density at radius 1 is 1.13 bits per heavy atom. The van der Waals surface area contributed by atoms with Crippen LogP contribution in [0.25, 0.3) is 0 Å². The van der Waals surface area contributed by atoms with Gasteiger partial charge in [0.15, 0.2) is 0 Å². The SMILES string of the molecule is O=C(c1c(F)cccc1F)N1CCN(O)C1c1cccc(I)c1. The van der Waals surface area contributed by atoms with Gasteiger partial charge in [0.1, 0.15) is 23.4 Å². The van der Waals surface area contributed by atoms with Crippen LogP contribution in [-0.2, 0) is 0 Å². The van der Waals surface area contributed by atoms with Gasteiger partial charge >= 0.3 is 0 Å². The van der Waals surface area contributed by atoms with Crippen molar-refractivity contribution < 1.29 is 18.8 Å². The van der Waals surface area contributed by atoms with E-state index < -0.39 is 29.3 Å². The third-order valence-corrected chi connectivity index (χ3v) is 4.40. The van der Waals surface area contributed by atoms with Gasteiger partial charge in [-0.15, -0.1) is 0 Å². The summed E-state index contributed by atoms with van der Waals surface area (Å²) >= 11 is 2.12. The van der Waals surface area contributed by atoms with Crippen molar-refractivity contribution in [3.63, 3.8) is 0 Å². The van der Waals surface area contributed by atoms with E-state index in [1.54, 1.807) is 12.1 Å². The molecule has 0 bridgehead atoms. The van der Waals surface area contributed by atoms with Gasteiger partial charge in [-0.2, -0.15) is 5.06 Å². The number of halogens is 3. The number of carbonyl (C=O) groups is 1. The maximum Gasteiger partial charge on any atom is 0.261 e. The molecule has 23 heavy (non-hydrogen) atoms. The minimum absolute atomic E-state index is 0.180. The number of amides is 1. The van der Waals surface area contributed by atoms with Crippen LogP contribution in [-0.4, -0.2) is 34.2 Å². The summed E-state index contributed by atoms with van der Waals surface area (Å²) in [7, 11) is 0. The Morgan fingerprint density at radius 3 is 2.43 bits per heavy atom. The van der Waals surface area contributed by atoms with Crippen LogP contribution in [0.2, 0.25) is 0 Å². The van der Waals surface area contributed by atoms with E-state index >= 15 is 0 Å². The zero-order valence-corrected chi connectivity index (χ0v) is 14.1. The molecule has 0 aromatic heterocycles. The monoisotopic (exact) mass is 430 g/mol. The van der Waals surface area contributed by atoms with Gasteiger partial charge in [-0.25, -0.2) is 8.78 Å². The number of hydroxylamine groups is 2. The van der Waals surface area contributed by atoms with Crippen molar-refractivity contribution in [1.82, 2.24) is 9.96 Å². The van der Waals surface area contributed by atoms with Crippen molar-refractivity contribution in [2.75, 3.05) is 13.1 Å². The molecule has 1 atom stereocenters. The summed E-state index contributed by atoms with van der Waals surface area (Å²) in [6, 6.07) is 10.6. The molecule has 0 spiro atoms. The molecule has 7 heteroatoms. The van der Waals surface area contributed by atoms with E-state index in [2.05, 4.69) is 22.6 Å². The minimum atomic E-state index is -0.909. The molecule has 0 aliphatic carbocycles. The number of hydrogen-bond acceptors (Lipinski definition) is 3. The van der Waals surface area contributed by atoms with E-state index in [1.165, 1.54) is 11.0 Å². The Hall–Kier alpha value is -1.58. The summed E-state index contributed by atoms with van der Waals surface area (Å²) in [5.41, 5.74) is 0.0837. The van der Waals surface area contributed by atoms with Crippen LogP contribution in [0, 0.1) is 15.2 Å². The van der Waals surface area contributed by atoms with Crippen molar-refractivity contribution >= 4 is 28.5 Å². The fraction of sp³-hybridized carbons (Fsp3) is 0.188. The molecule has 1 aliphatic rings. The second-order valence-corrected chi connectivity index (χ2v) is 6.43. The van der Waals surface area contributed by atoms with Gasteiger partial charge < -0.3 is 10.1 Å². The molecule has 1 saturated heterocycles. The Morgan fingerprint density at radius 2 is 1.78 bits per heavy atom. The number of benzene rings is 2. The average Bonchev–Trinajstić information content (AvgIpc) is 2.88. The Labute approximate surface area is 145 Å². The molecule has 1 heterocycles. The first-order valence-electron chi connectivity index (χ1n) is 6.95. The molecular weight excluding hydrogens is 417 g/mol. The first-order valence-corrected chi connectivity index (χ1v) is 8.03. The van der Waals surface area contributed by atoms with Crippen molar-refractivity contribution in [1.29, 1.82) is 0 Å². The van der Waals surface area contributed by atoms with Crippen LogP contribution in [0.3, 0.4) is 0 Å². The summed E-state index contributed by atoms with van der Waals surface area (Å²) in [5, 5.41) is 11.1. The molecule has 1 amide bonds. The molecule has 0 radical (unpaired) electrons. The van der Waals surface area contributed by atoms with Crippen LogP contribution >= 0.6 is 22.6 Å². The van der Waals surface area contributed by atoms with Gasteiger partial charge in [-0.1, -0.05) is 18.2 Å². The molecule has 1 aliphatic heterocycles. The van der Waals surface area contributed by atoms with E-state index in [0.717, 1.165) is 20.8 Å². The molecule has 2 aromatic carbocycles. The van der Waals surface area contributed by atoms with Crippen molar-refractivity contribution in [2.24, 2.45) is 0 Å². The third-order valence-electron chi connectivity index (χ3n) is 3.73. The van der Waals surface area contributed by atoms with E-state index in [0.29, 0.717) is 5.56 Å². The molecular formula is C16H13F2IN2O2. The molecule has 0 saturated carbocycles. The number of carbonyl (C=O) groups excluding carboxylic acids is 1. The summed E-state index contributed by atoms with van der Waals surface area (Å²) in [5.74, 6) is -2.60. The van der Waals surface area contributed by atoms with E-state index in [4.69, 9.17) is 0 Å². The van der Waals surface area contributed by atoms with Crippen molar-refractivity contribution in [2.45, 2.75) is 6.17 Å². The third kappa shape index (κ3) is 3.08. The van der Waals surface area contributed by atoms with Crippen LogP contribution in [0.4, 0.5) is 8.78 Å². The first kappa shape index (κ1) is 16.3. The van der Waals surface area contributed by atoms with Crippen LogP contribution < -0.4 is 0 Å². The number of hydrogen-bond donors (Lipinski definition) is 1. The summed E-state index contributed by atoms with van der Waals surface area (Å²) in [6.45, 7) is 0.386. The predicted octanol–water partition coefficient (Wildman–Crippen LogP) is 3.42. The van der Waals surface area contributed by atoms with Gasteiger partial charge in [0, 0.05) is 16.7 Å². The molecule has 3 rings (SSSR count). The lowest BCUT2D eigenvalue weighted by atomic mass is 10.1. The fourth-order valence-corrected chi connectivity index (χ4v) is 3.26. The molecule has 120 valence electrons. The highest BCUT2D eigenvalue weighted by Crippen LogP contribution is 2.31. The maximum atomic E-state index is 13.9. The number of nitrogens with zero attached hydrogens (tertiary/aromatic N) is 2. The average molecular weight is 430 g/mol. The summed E-state index contributed by atoms with van der Waals surface area (Å²) in [4.78, 5) is 13.9. The standard InChI is InChI=1S/C16H13F2IN2O2/c17-12-5-2-6-13(18)14(12)16(22)20-7-8-21(23)15(20)10-3-1-4-11(19)9-10/h1-6,9,15,23H,7-8H2. The van der Waals surface area contributed by atoms with Gasteiger partial charge in [0.25, 0.3) is 5.91 Å². The lowest BCUT2D eigenvalue weighted by Crippen LogP contribution is -2.35. The molecule has 4 nitrogen and oxygen atoms in total. The van der Waals surface area contributed by atoms with E-state index in [1.807, 2.05) is 12.1 Å². The van der Waals surface area contributed by atoms with Crippen molar-refractivity contribution in [3.8, 4) is 0 Å². The lowest BCUT2D eigenvalue weighted by Gasteiger charge is -2.27. The molecule has 1 N–H and O–H groups in total. The highest BCUT2D eigenvalue weighted by atomic mass is 127. The van der Waals surface area contributed by atoms with E-state index in [9.17, 15) is 18.8 Å². The smallest absolute Gasteiger partial charge is 0.261 e. The lowest BCUT2D eigenvalue weighted by molar-refractivity contribution is -0.122. The molecule has 1 unspecified atom stereocenters. The topological polar surface area (TPSA) is 43.8 Å². The number of rotatable bonds is 2. The quantitative estimate of drug-likeness (QED) is 0.743. The zero-order chi connectivity index (χ0) is 16.6. The Bertz CT molecular complexity index is 736. The van der Waals surface area contributed by atoms with Crippen LogP contribution in [0.1, 0.15) is 22.1 Å². The minimum Gasteiger partial charge on any atom is -0.315 e. The van der Waals surface area contributed by atoms with Crippen LogP contribution in [0.5, 0.6) is 0 Å². The second-order valence-electron chi connectivity index (χ2n) is 5.19. The predicted molar refractivity (Wildman–Crippen MR) is 87.8 cm³/mol. The fourth-order valence-electron chi connectivity index (χ4n) is 2.69. The van der Waals surface area contributed by atoms with E-state index in [-0.39, 0.29) is 13.1 Å². The van der Waals surface area contributed by atoms with Gasteiger partial charge in [-0.05, 0) is 52.4 Å². The Kier molecular flexibility index (Phi) is 4.60. The largest absolute Gasteiger partial charge is 0.315 e.